The molecule has 3 heterocycles. The number of pyridine rings is 1. The number of nitrogens with zero attached hydrogens (tertiary/aromatic N) is 2. The molecule has 1 N–H and O–H groups in total. The van der Waals surface area contributed by atoms with Crippen LogP contribution in [0.15, 0.2) is 17.1 Å². The lowest BCUT2D eigenvalue weighted by Gasteiger charge is -2.44. The molecule has 3 rings (SSSR count). The summed E-state index contributed by atoms with van der Waals surface area (Å²) < 4.78 is 7.06. The van der Waals surface area contributed by atoms with E-state index in [1.165, 1.54) is 10.8 Å². The second kappa shape index (κ2) is 4.45. The predicted octanol–water partition coefficient (Wildman–Crippen LogP) is 0.137. The van der Waals surface area contributed by atoms with Crippen molar-refractivity contribution >= 4 is 11.9 Å². The van der Waals surface area contributed by atoms with Crippen LogP contribution in [0.4, 0.5) is 0 Å². The molecule has 1 aromatic heterocycles. The van der Waals surface area contributed by atoms with Crippen molar-refractivity contribution < 1.29 is 19.4 Å². The number of carboxylic acids is 1. The molecule has 1 amide bonds. The van der Waals surface area contributed by atoms with Crippen LogP contribution in [0, 0.1) is 0 Å². The Morgan fingerprint density at radius 1 is 1.45 bits per heavy atom. The largest absolute Gasteiger partial charge is 0.477 e. The highest BCUT2D eigenvalue weighted by Crippen LogP contribution is 2.25. The van der Waals surface area contributed by atoms with E-state index in [0.29, 0.717) is 13.2 Å². The van der Waals surface area contributed by atoms with E-state index in [2.05, 4.69) is 0 Å². The summed E-state index contributed by atoms with van der Waals surface area (Å²) in [6, 6.07) is 1.15. The van der Waals surface area contributed by atoms with Gasteiger partial charge in [-0.05, 0) is 13.3 Å². The third-order valence-electron chi connectivity index (χ3n) is 3.80. The smallest absolute Gasteiger partial charge is 0.341 e. The minimum atomic E-state index is -1.29. The van der Waals surface area contributed by atoms with Crippen LogP contribution in [-0.4, -0.2) is 45.3 Å². The van der Waals surface area contributed by atoms with E-state index in [9.17, 15) is 14.4 Å². The van der Waals surface area contributed by atoms with Crippen LogP contribution < -0.4 is 5.43 Å². The maximum absolute atomic E-state index is 12.4. The molecule has 0 aromatic carbocycles. The van der Waals surface area contributed by atoms with Gasteiger partial charge in [0.2, 0.25) is 0 Å². The minimum Gasteiger partial charge on any atom is -0.477 e. The lowest BCUT2D eigenvalue weighted by Crippen LogP contribution is -2.56. The van der Waals surface area contributed by atoms with E-state index in [1.54, 1.807) is 4.90 Å². The van der Waals surface area contributed by atoms with Gasteiger partial charge < -0.3 is 19.3 Å². The van der Waals surface area contributed by atoms with Gasteiger partial charge in [0.15, 0.2) is 11.7 Å². The quantitative estimate of drug-likeness (QED) is 0.789. The molecular formula is C13H14N2O5. The number of fused-ring (bicyclic) bond motifs is 2. The standard InChI is InChI=1S/C13H14N2O5/c1-7-2-3-20-11-6-14-5-8(13(18)19)10(16)4-9(14)12(17)15(7)11/h4-5,7,11H,2-3,6H2,1H3,(H,18,19)/t7-,11+/m1/s1. The van der Waals surface area contributed by atoms with Crippen molar-refractivity contribution in [2.24, 2.45) is 0 Å². The van der Waals surface area contributed by atoms with Gasteiger partial charge in [-0.2, -0.15) is 0 Å². The Labute approximate surface area is 114 Å². The number of carbonyl (C=O) groups is 2. The first kappa shape index (κ1) is 12.9. The molecule has 0 unspecified atom stereocenters. The number of hydrogen-bond acceptors (Lipinski definition) is 4. The van der Waals surface area contributed by atoms with Gasteiger partial charge in [0, 0.05) is 18.3 Å². The maximum Gasteiger partial charge on any atom is 0.341 e. The van der Waals surface area contributed by atoms with E-state index < -0.39 is 17.6 Å². The molecule has 0 radical (unpaired) electrons. The summed E-state index contributed by atoms with van der Waals surface area (Å²) in [4.78, 5) is 36.8. The third kappa shape index (κ3) is 1.82. The Morgan fingerprint density at radius 3 is 2.90 bits per heavy atom. The number of rotatable bonds is 1. The van der Waals surface area contributed by atoms with Gasteiger partial charge >= 0.3 is 5.97 Å². The fourth-order valence-electron chi connectivity index (χ4n) is 2.72. The second-order valence-electron chi connectivity index (χ2n) is 5.07. The van der Waals surface area contributed by atoms with Crippen LogP contribution in [0.3, 0.4) is 0 Å². The molecule has 7 nitrogen and oxygen atoms in total. The molecule has 1 fully saturated rings. The first-order valence-electron chi connectivity index (χ1n) is 6.41. The Bertz CT molecular complexity index is 651. The zero-order valence-electron chi connectivity index (χ0n) is 10.9. The van der Waals surface area contributed by atoms with Crippen LogP contribution >= 0.6 is 0 Å². The highest BCUT2D eigenvalue weighted by molar-refractivity contribution is 5.95. The molecule has 0 saturated carbocycles. The first-order chi connectivity index (χ1) is 9.49. The number of carboxylic acid groups (broad SMARTS) is 1. The molecule has 0 bridgehead atoms. The lowest BCUT2D eigenvalue weighted by atomic mass is 10.1. The average molecular weight is 278 g/mol. The molecule has 2 aliphatic rings. The van der Waals surface area contributed by atoms with Crippen LogP contribution in [-0.2, 0) is 11.3 Å². The molecule has 20 heavy (non-hydrogen) atoms. The van der Waals surface area contributed by atoms with Crippen LogP contribution in [0.2, 0.25) is 0 Å². The van der Waals surface area contributed by atoms with Crippen molar-refractivity contribution in [2.45, 2.75) is 32.2 Å². The Morgan fingerprint density at radius 2 is 2.20 bits per heavy atom. The highest BCUT2D eigenvalue weighted by Gasteiger charge is 2.38. The predicted molar refractivity (Wildman–Crippen MR) is 67.6 cm³/mol. The number of ether oxygens (including phenoxy) is 1. The van der Waals surface area contributed by atoms with E-state index in [4.69, 9.17) is 9.84 Å². The molecule has 2 atom stereocenters. The summed E-state index contributed by atoms with van der Waals surface area (Å²) in [5, 5.41) is 8.97. The summed E-state index contributed by atoms with van der Waals surface area (Å²) in [5.74, 6) is -1.58. The number of aromatic carboxylic acids is 1. The van der Waals surface area contributed by atoms with E-state index in [-0.39, 0.29) is 23.2 Å². The Kier molecular flexibility index (Phi) is 2.86. The molecule has 2 aliphatic heterocycles. The molecule has 0 aliphatic carbocycles. The molecule has 106 valence electrons. The highest BCUT2D eigenvalue weighted by atomic mass is 16.5. The third-order valence-corrected chi connectivity index (χ3v) is 3.80. The summed E-state index contributed by atoms with van der Waals surface area (Å²) >= 11 is 0. The molecule has 0 spiro atoms. The number of amides is 1. The summed E-state index contributed by atoms with van der Waals surface area (Å²) in [6.07, 6.45) is 1.57. The zero-order valence-corrected chi connectivity index (χ0v) is 10.9. The normalized spacial score (nSPS) is 25.1. The first-order valence-corrected chi connectivity index (χ1v) is 6.41. The van der Waals surface area contributed by atoms with E-state index >= 15 is 0 Å². The summed E-state index contributed by atoms with van der Waals surface area (Å²) in [7, 11) is 0. The number of carbonyl (C=O) groups excluding carboxylic acids is 1. The molecule has 1 aromatic rings. The summed E-state index contributed by atoms with van der Waals surface area (Å²) in [6.45, 7) is 2.84. The average Bonchev–Trinajstić information content (AvgIpc) is 2.39. The fraction of sp³-hybridized carbons (Fsp3) is 0.462. The van der Waals surface area contributed by atoms with Gasteiger partial charge in [0.05, 0.1) is 13.2 Å². The van der Waals surface area contributed by atoms with E-state index in [0.717, 1.165) is 12.5 Å². The van der Waals surface area contributed by atoms with Gasteiger partial charge in [0.25, 0.3) is 5.91 Å². The lowest BCUT2D eigenvalue weighted by molar-refractivity contribution is -0.112. The van der Waals surface area contributed by atoms with Crippen molar-refractivity contribution in [1.82, 2.24) is 9.47 Å². The summed E-state index contributed by atoms with van der Waals surface area (Å²) in [5.41, 5.74) is -0.770. The van der Waals surface area contributed by atoms with Crippen molar-refractivity contribution in [3.8, 4) is 0 Å². The van der Waals surface area contributed by atoms with Gasteiger partial charge in [-0.3, -0.25) is 9.59 Å². The topological polar surface area (TPSA) is 88.8 Å². The van der Waals surface area contributed by atoms with Crippen molar-refractivity contribution in [3.63, 3.8) is 0 Å². The minimum absolute atomic E-state index is 0.0456. The molecule has 7 heteroatoms. The SMILES string of the molecule is C[C@@H]1CCO[C@H]2Cn3cc(C(=O)O)c(=O)cc3C(=O)N12. The van der Waals surface area contributed by atoms with Crippen LogP contribution in [0.5, 0.6) is 0 Å². The fourth-order valence-corrected chi connectivity index (χ4v) is 2.72. The molecular weight excluding hydrogens is 264 g/mol. The molecule has 1 saturated heterocycles. The van der Waals surface area contributed by atoms with E-state index in [1.807, 2.05) is 6.92 Å². The van der Waals surface area contributed by atoms with Crippen LogP contribution in [0.25, 0.3) is 0 Å². The van der Waals surface area contributed by atoms with Gasteiger partial charge in [0.1, 0.15) is 11.3 Å². The van der Waals surface area contributed by atoms with Crippen LogP contribution in [0.1, 0.15) is 34.2 Å². The Hall–Kier alpha value is -2.15. The Balaban J connectivity index is 2.10. The number of aromatic nitrogens is 1. The zero-order chi connectivity index (χ0) is 14.4. The maximum atomic E-state index is 12.4. The number of hydrogen-bond donors (Lipinski definition) is 1. The van der Waals surface area contributed by atoms with Crippen molar-refractivity contribution in [1.29, 1.82) is 0 Å². The van der Waals surface area contributed by atoms with Gasteiger partial charge in [-0.15, -0.1) is 0 Å². The van der Waals surface area contributed by atoms with Crippen molar-refractivity contribution in [2.75, 3.05) is 6.61 Å². The second-order valence-corrected chi connectivity index (χ2v) is 5.07. The monoisotopic (exact) mass is 278 g/mol. The van der Waals surface area contributed by atoms with Gasteiger partial charge in [-0.25, -0.2) is 4.79 Å². The van der Waals surface area contributed by atoms with Crippen molar-refractivity contribution in [3.05, 3.63) is 33.7 Å². The van der Waals surface area contributed by atoms with Gasteiger partial charge in [-0.1, -0.05) is 0 Å².